The third kappa shape index (κ3) is 3.27. The Morgan fingerprint density at radius 3 is 2.76 bits per heavy atom. The van der Waals surface area contributed by atoms with E-state index in [-0.39, 0.29) is 0 Å². The van der Waals surface area contributed by atoms with Crippen molar-refractivity contribution in [2.75, 3.05) is 13.1 Å². The van der Waals surface area contributed by atoms with Gasteiger partial charge < -0.3 is 15.0 Å². The molecule has 0 bridgehead atoms. The van der Waals surface area contributed by atoms with E-state index in [0.717, 1.165) is 23.5 Å². The second kappa shape index (κ2) is 6.16. The normalized spacial score (nSPS) is 17.9. The Kier molecular flexibility index (Phi) is 4.27. The van der Waals surface area contributed by atoms with Crippen molar-refractivity contribution < 1.29 is 0 Å². The van der Waals surface area contributed by atoms with E-state index in [9.17, 15) is 0 Å². The van der Waals surface area contributed by atoms with Gasteiger partial charge >= 0.3 is 0 Å². The molecule has 2 N–H and O–H groups in total. The molecule has 2 aromatic rings. The van der Waals surface area contributed by atoms with E-state index in [1.165, 1.54) is 31.6 Å². The van der Waals surface area contributed by atoms with Crippen LogP contribution in [0.25, 0.3) is 5.65 Å². The summed E-state index contributed by atoms with van der Waals surface area (Å²) in [5, 5.41) is 0. The molecule has 0 saturated carbocycles. The van der Waals surface area contributed by atoms with Crippen molar-refractivity contribution in [3.05, 3.63) is 35.8 Å². The van der Waals surface area contributed by atoms with Crippen LogP contribution in [0.15, 0.2) is 24.5 Å². The standard InChI is InChI=1S/C17H26N4/c1-13(2)20-6-3-14(4-7-20)9-16-12-21-8-5-15(11-18)10-17(21)19-16/h5,8,10,12-14H,3-4,6-7,9,11,18H2,1-2H3. The van der Waals surface area contributed by atoms with Gasteiger partial charge in [0.25, 0.3) is 0 Å². The Labute approximate surface area is 127 Å². The first-order valence-corrected chi connectivity index (χ1v) is 8.06. The summed E-state index contributed by atoms with van der Waals surface area (Å²) in [6, 6.07) is 4.83. The molecule has 2 aromatic heterocycles. The lowest BCUT2D eigenvalue weighted by molar-refractivity contribution is 0.149. The minimum atomic E-state index is 0.576. The van der Waals surface area contributed by atoms with Crippen LogP contribution in [0.5, 0.6) is 0 Å². The van der Waals surface area contributed by atoms with Gasteiger partial charge in [0, 0.05) is 25.0 Å². The molecule has 3 rings (SSSR count). The Morgan fingerprint density at radius 1 is 1.33 bits per heavy atom. The van der Waals surface area contributed by atoms with Gasteiger partial charge in [-0.3, -0.25) is 0 Å². The predicted molar refractivity (Wildman–Crippen MR) is 86.2 cm³/mol. The van der Waals surface area contributed by atoms with Crippen LogP contribution in [0.1, 0.15) is 37.9 Å². The summed E-state index contributed by atoms with van der Waals surface area (Å²) in [5.41, 5.74) is 9.07. The summed E-state index contributed by atoms with van der Waals surface area (Å²) in [7, 11) is 0. The summed E-state index contributed by atoms with van der Waals surface area (Å²) in [6.07, 6.45) is 7.92. The Hall–Kier alpha value is -1.39. The summed E-state index contributed by atoms with van der Waals surface area (Å²) >= 11 is 0. The fraction of sp³-hybridized carbons (Fsp3) is 0.588. The number of likely N-dealkylation sites (tertiary alicyclic amines) is 1. The molecule has 3 heterocycles. The summed E-state index contributed by atoms with van der Waals surface area (Å²) in [4.78, 5) is 7.34. The second-order valence-corrected chi connectivity index (χ2v) is 6.51. The van der Waals surface area contributed by atoms with Gasteiger partial charge in [-0.1, -0.05) is 0 Å². The van der Waals surface area contributed by atoms with Gasteiger partial charge in [-0.15, -0.1) is 0 Å². The number of nitrogens with zero attached hydrogens (tertiary/aromatic N) is 3. The van der Waals surface area contributed by atoms with Gasteiger partial charge in [0.15, 0.2) is 0 Å². The molecule has 1 fully saturated rings. The molecule has 0 unspecified atom stereocenters. The zero-order valence-corrected chi connectivity index (χ0v) is 13.1. The largest absolute Gasteiger partial charge is 0.326 e. The molecule has 4 heteroatoms. The molecule has 0 radical (unpaired) electrons. The lowest BCUT2D eigenvalue weighted by atomic mass is 9.92. The van der Waals surface area contributed by atoms with Crippen molar-refractivity contribution in [2.24, 2.45) is 11.7 Å². The molecule has 0 amide bonds. The van der Waals surface area contributed by atoms with Crippen LogP contribution in [-0.2, 0) is 13.0 Å². The minimum Gasteiger partial charge on any atom is -0.326 e. The molecule has 0 aromatic carbocycles. The van der Waals surface area contributed by atoms with Gasteiger partial charge in [0.05, 0.1) is 5.69 Å². The summed E-state index contributed by atoms with van der Waals surface area (Å²) in [5.74, 6) is 0.777. The van der Waals surface area contributed by atoms with E-state index < -0.39 is 0 Å². The number of aromatic nitrogens is 2. The number of piperidine rings is 1. The van der Waals surface area contributed by atoms with Crippen molar-refractivity contribution in [1.29, 1.82) is 0 Å². The molecule has 4 nitrogen and oxygen atoms in total. The lowest BCUT2D eigenvalue weighted by Crippen LogP contribution is -2.38. The van der Waals surface area contributed by atoms with E-state index in [1.54, 1.807) is 0 Å². The van der Waals surface area contributed by atoms with Crippen LogP contribution in [0.3, 0.4) is 0 Å². The molecular weight excluding hydrogens is 260 g/mol. The number of fused-ring (bicyclic) bond motifs is 1. The highest BCUT2D eigenvalue weighted by Crippen LogP contribution is 2.22. The monoisotopic (exact) mass is 286 g/mol. The van der Waals surface area contributed by atoms with E-state index in [1.807, 2.05) is 0 Å². The van der Waals surface area contributed by atoms with Crippen molar-refractivity contribution >= 4 is 5.65 Å². The van der Waals surface area contributed by atoms with Crippen LogP contribution in [0, 0.1) is 5.92 Å². The van der Waals surface area contributed by atoms with Crippen LogP contribution in [0.2, 0.25) is 0 Å². The molecule has 1 aliphatic rings. The quantitative estimate of drug-likeness (QED) is 0.939. The van der Waals surface area contributed by atoms with E-state index in [4.69, 9.17) is 10.7 Å². The summed E-state index contributed by atoms with van der Waals surface area (Å²) < 4.78 is 2.11. The van der Waals surface area contributed by atoms with Gasteiger partial charge in [-0.25, -0.2) is 4.98 Å². The predicted octanol–water partition coefficient (Wildman–Crippen LogP) is 2.46. The number of hydrogen-bond acceptors (Lipinski definition) is 3. The van der Waals surface area contributed by atoms with Crippen molar-refractivity contribution in [3.8, 4) is 0 Å². The van der Waals surface area contributed by atoms with Crippen LogP contribution < -0.4 is 5.73 Å². The molecule has 1 saturated heterocycles. The lowest BCUT2D eigenvalue weighted by Gasteiger charge is -2.34. The highest BCUT2D eigenvalue weighted by molar-refractivity contribution is 5.43. The first-order valence-electron chi connectivity index (χ1n) is 8.06. The van der Waals surface area contributed by atoms with Gasteiger partial charge in [-0.2, -0.15) is 0 Å². The molecule has 0 atom stereocenters. The molecule has 0 spiro atoms. The first kappa shape index (κ1) is 14.5. The Bertz CT molecular complexity index is 594. The van der Waals surface area contributed by atoms with Gasteiger partial charge in [-0.05, 0) is 69.8 Å². The van der Waals surface area contributed by atoms with Crippen molar-refractivity contribution in [1.82, 2.24) is 14.3 Å². The van der Waals surface area contributed by atoms with E-state index in [0.29, 0.717) is 12.6 Å². The number of hydrogen-bond donors (Lipinski definition) is 1. The first-order chi connectivity index (χ1) is 10.2. The van der Waals surface area contributed by atoms with Crippen LogP contribution in [-0.4, -0.2) is 33.4 Å². The van der Waals surface area contributed by atoms with Gasteiger partial charge in [0.1, 0.15) is 5.65 Å². The van der Waals surface area contributed by atoms with Crippen molar-refractivity contribution in [3.63, 3.8) is 0 Å². The Balaban J connectivity index is 1.65. The molecule has 1 aliphatic heterocycles. The fourth-order valence-corrected chi connectivity index (χ4v) is 3.27. The van der Waals surface area contributed by atoms with Gasteiger partial charge in [0.2, 0.25) is 0 Å². The maximum absolute atomic E-state index is 5.69. The average Bonchev–Trinajstić information content (AvgIpc) is 2.88. The maximum Gasteiger partial charge on any atom is 0.137 e. The SMILES string of the molecule is CC(C)N1CCC(Cc2cn3ccc(CN)cc3n2)CC1. The maximum atomic E-state index is 5.69. The van der Waals surface area contributed by atoms with E-state index in [2.05, 4.69) is 47.7 Å². The number of imidazole rings is 1. The zero-order chi connectivity index (χ0) is 14.8. The third-order valence-electron chi connectivity index (χ3n) is 4.69. The average molecular weight is 286 g/mol. The van der Waals surface area contributed by atoms with Crippen molar-refractivity contribution in [2.45, 2.75) is 45.7 Å². The smallest absolute Gasteiger partial charge is 0.137 e. The number of pyridine rings is 1. The third-order valence-corrected chi connectivity index (χ3v) is 4.69. The number of nitrogens with two attached hydrogens (primary N) is 1. The van der Waals surface area contributed by atoms with Crippen LogP contribution >= 0.6 is 0 Å². The molecule has 114 valence electrons. The highest BCUT2D eigenvalue weighted by atomic mass is 15.1. The van der Waals surface area contributed by atoms with E-state index >= 15 is 0 Å². The molecular formula is C17H26N4. The fourth-order valence-electron chi connectivity index (χ4n) is 3.27. The topological polar surface area (TPSA) is 46.6 Å². The Morgan fingerprint density at radius 2 is 2.10 bits per heavy atom. The highest BCUT2D eigenvalue weighted by Gasteiger charge is 2.21. The second-order valence-electron chi connectivity index (χ2n) is 6.51. The molecule has 0 aliphatic carbocycles. The number of rotatable bonds is 4. The van der Waals surface area contributed by atoms with Crippen LogP contribution in [0.4, 0.5) is 0 Å². The summed E-state index contributed by atoms with van der Waals surface area (Å²) in [6.45, 7) is 7.61. The zero-order valence-electron chi connectivity index (χ0n) is 13.1. The molecule has 21 heavy (non-hydrogen) atoms. The minimum absolute atomic E-state index is 0.576.